The number of imidazole rings is 1. The van der Waals surface area contributed by atoms with Gasteiger partial charge in [-0.1, -0.05) is 46.3 Å². The van der Waals surface area contributed by atoms with Gasteiger partial charge in [-0.25, -0.2) is 4.98 Å². The number of halogens is 1. The predicted molar refractivity (Wildman–Crippen MR) is 120 cm³/mol. The molecule has 0 aliphatic heterocycles. The van der Waals surface area contributed by atoms with E-state index in [1.807, 2.05) is 74.1 Å². The highest BCUT2D eigenvalue weighted by molar-refractivity contribution is 9.10. The van der Waals surface area contributed by atoms with E-state index >= 15 is 0 Å². The van der Waals surface area contributed by atoms with Crippen LogP contribution in [0.2, 0.25) is 0 Å². The number of benzene rings is 2. The van der Waals surface area contributed by atoms with E-state index in [0.717, 1.165) is 21.4 Å². The van der Waals surface area contributed by atoms with E-state index < -0.39 is 0 Å². The fourth-order valence-corrected chi connectivity index (χ4v) is 3.69. The monoisotopic (exact) mass is 471 g/mol. The highest BCUT2D eigenvalue weighted by Gasteiger charge is 2.21. The second-order valence-corrected chi connectivity index (χ2v) is 7.60. The molecule has 0 fully saturated rings. The number of carbonyl (C=O) groups excluding carboxylic acids is 1. The quantitative estimate of drug-likeness (QED) is 0.501. The lowest BCUT2D eigenvalue weighted by molar-refractivity contribution is -0.121. The number of hydrogen-bond acceptors (Lipinski definition) is 4. The highest BCUT2D eigenvalue weighted by Crippen LogP contribution is 2.34. The summed E-state index contributed by atoms with van der Waals surface area (Å²) in [6, 6.07) is 13.2. The molecular weight excluding hydrogens is 446 g/mol. The molecule has 0 saturated carbocycles. The van der Waals surface area contributed by atoms with Gasteiger partial charge in [-0.2, -0.15) is 0 Å². The van der Waals surface area contributed by atoms with E-state index in [1.165, 1.54) is 0 Å². The number of nitrogens with zero attached hydrogens (tertiary/aromatic N) is 2. The molecule has 0 spiro atoms. The lowest BCUT2D eigenvalue weighted by Gasteiger charge is -2.20. The van der Waals surface area contributed by atoms with Crippen molar-refractivity contribution in [2.24, 2.45) is 7.05 Å². The summed E-state index contributed by atoms with van der Waals surface area (Å²) in [6.45, 7) is 4.89. The van der Waals surface area contributed by atoms with Gasteiger partial charge >= 0.3 is 0 Å². The summed E-state index contributed by atoms with van der Waals surface area (Å²) in [5.74, 6) is 1.95. The lowest BCUT2D eigenvalue weighted by Crippen LogP contribution is -2.32. The van der Waals surface area contributed by atoms with Crippen molar-refractivity contribution in [1.82, 2.24) is 14.9 Å². The second-order valence-electron chi connectivity index (χ2n) is 6.74. The molecule has 3 rings (SSSR count). The Labute approximate surface area is 185 Å². The molecule has 0 bridgehead atoms. The summed E-state index contributed by atoms with van der Waals surface area (Å²) in [4.78, 5) is 17.4. The predicted octanol–water partition coefficient (Wildman–Crippen LogP) is 4.43. The zero-order valence-electron chi connectivity index (χ0n) is 17.4. The third-order valence-electron chi connectivity index (χ3n) is 4.62. The first-order valence-electron chi connectivity index (χ1n) is 9.93. The van der Waals surface area contributed by atoms with E-state index in [9.17, 15) is 4.79 Å². The standard InChI is InChI=1S/C23H26BrN3O3/c1-4-29-19-13-17(18(24)15-20(19)30-5-2)14-21(28)26-22(16-9-7-6-8-10-16)23-25-11-12-27(23)3/h6-13,15,22H,4-5,14H2,1-3H3,(H,26,28). The summed E-state index contributed by atoms with van der Waals surface area (Å²) >= 11 is 3.56. The molecule has 1 heterocycles. The molecule has 158 valence electrons. The van der Waals surface area contributed by atoms with Gasteiger partial charge in [0.15, 0.2) is 11.5 Å². The van der Waals surface area contributed by atoms with Crippen molar-refractivity contribution in [2.75, 3.05) is 13.2 Å². The molecule has 1 amide bonds. The van der Waals surface area contributed by atoms with Crippen LogP contribution >= 0.6 is 15.9 Å². The van der Waals surface area contributed by atoms with Crippen LogP contribution < -0.4 is 14.8 Å². The molecule has 0 saturated heterocycles. The van der Waals surface area contributed by atoms with Gasteiger partial charge in [0.2, 0.25) is 5.91 Å². The van der Waals surface area contributed by atoms with Gasteiger partial charge in [0.1, 0.15) is 11.9 Å². The number of aryl methyl sites for hydroxylation is 1. The van der Waals surface area contributed by atoms with Crippen LogP contribution in [0.25, 0.3) is 0 Å². The maximum Gasteiger partial charge on any atom is 0.225 e. The summed E-state index contributed by atoms with van der Waals surface area (Å²) in [7, 11) is 1.92. The van der Waals surface area contributed by atoms with Gasteiger partial charge in [-0.05, 0) is 37.1 Å². The Bertz CT molecular complexity index is 989. The zero-order chi connectivity index (χ0) is 21.5. The van der Waals surface area contributed by atoms with Crippen molar-refractivity contribution in [2.45, 2.75) is 26.3 Å². The third kappa shape index (κ3) is 5.21. The van der Waals surface area contributed by atoms with E-state index in [4.69, 9.17) is 9.47 Å². The Kier molecular flexibility index (Phi) is 7.52. The van der Waals surface area contributed by atoms with Crippen LogP contribution in [-0.2, 0) is 18.3 Å². The molecule has 1 unspecified atom stereocenters. The third-order valence-corrected chi connectivity index (χ3v) is 5.36. The van der Waals surface area contributed by atoms with Gasteiger partial charge in [-0.15, -0.1) is 0 Å². The van der Waals surface area contributed by atoms with Gasteiger partial charge in [0.05, 0.1) is 19.6 Å². The molecule has 30 heavy (non-hydrogen) atoms. The number of ether oxygens (including phenoxy) is 2. The van der Waals surface area contributed by atoms with Crippen LogP contribution in [0.3, 0.4) is 0 Å². The summed E-state index contributed by atoms with van der Waals surface area (Å²) in [6.07, 6.45) is 3.80. The highest BCUT2D eigenvalue weighted by atomic mass is 79.9. The SMILES string of the molecule is CCOc1cc(Br)c(CC(=O)NC(c2ccccc2)c2nccn2C)cc1OCC. The molecule has 7 heteroatoms. The lowest BCUT2D eigenvalue weighted by atomic mass is 10.0. The topological polar surface area (TPSA) is 65.4 Å². The van der Waals surface area contributed by atoms with Gasteiger partial charge in [0.25, 0.3) is 0 Å². The normalized spacial score (nSPS) is 11.7. The number of hydrogen-bond donors (Lipinski definition) is 1. The molecule has 3 aromatic rings. The van der Waals surface area contributed by atoms with E-state index in [1.54, 1.807) is 6.20 Å². The molecule has 0 aliphatic rings. The molecule has 1 aromatic heterocycles. The van der Waals surface area contributed by atoms with Crippen molar-refractivity contribution in [1.29, 1.82) is 0 Å². The molecule has 0 aliphatic carbocycles. The minimum Gasteiger partial charge on any atom is -0.490 e. The Morgan fingerprint density at radius 1 is 1.13 bits per heavy atom. The minimum atomic E-state index is -0.341. The molecule has 0 radical (unpaired) electrons. The van der Waals surface area contributed by atoms with Crippen LogP contribution in [0.4, 0.5) is 0 Å². The molecule has 2 aromatic carbocycles. The van der Waals surface area contributed by atoms with Crippen LogP contribution in [-0.4, -0.2) is 28.7 Å². The Morgan fingerprint density at radius 2 is 1.80 bits per heavy atom. The van der Waals surface area contributed by atoms with E-state index in [0.29, 0.717) is 24.7 Å². The average Bonchev–Trinajstić information content (AvgIpc) is 3.16. The van der Waals surface area contributed by atoms with Crippen LogP contribution in [0.1, 0.15) is 36.8 Å². The number of amides is 1. The van der Waals surface area contributed by atoms with Crippen molar-refractivity contribution >= 4 is 21.8 Å². The second kappa shape index (κ2) is 10.3. The minimum absolute atomic E-state index is 0.112. The van der Waals surface area contributed by atoms with E-state index in [-0.39, 0.29) is 18.4 Å². The number of rotatable bonds is 9. The fourth-order valence-electron chi connectivity index (χ4n) is 3.23. The van der Waals surface area contributed by atoms with Gasteiger partial charge in [0, 0.05) is 23.9 Å². The first kappa shape index (κ1) is 21.9. The molecule has 1 N–H and O–H groups in total. The summed E-state index contributed by atoms with van der Waals surface area (Å²) < 4.78 is 14.1. The fraction of sp³-hybridized carbons (Fsp3) is 0.304. The number of aromatic nitrogens is 2. The van der Waals surface area contributed by atoms with Gasteiger partial charge in [-0.3, -0.25) is 4.79 Å². The van der Waals surface area contributed by atoms with Gasteiger partial charge < -0.3 is 19.4 Å². The van der Waals surface area contributed by atoms with E-state index in [2.05, 4.69) is 26.2 Å². The Balaban J connectivity index is 1.84. The van der Waals surface area contributed by atoms with Crippen LogP contribution in [0.15, 0.2) is 59.3 Å². The maximum absolute atomic E-state index is 13.0. The largest absolute Gasteiger partial charge is 0.490 e. The summed E-state index contributed by atoms with van der Waals surface area (Å²) in [5.41, 5.74) is 1.80. The van der Waals surface area contributed by atoms with Crippen LogP contribution in [0, 0.1) is 0 Å². The molecular formula is C23H26BrN3O3. The zero-order valence-corrected chi connectivity index (χ0v) is 19.0. The maximum atomic E-state index is 13.0. The smallest absolute Gasteiger partial charge is 0.225 e. The first-order chi connectivity index (χ1) is 14.5. The van der Waals surface area contributed by atoms with Crippen molar-refractivity contribution in [3.63, 3.8) is 0 Å². The Morgan fingerprint density at radius 3 is 2.40 bits per heavy atom. The number of carbonyl (C=O) groups is 1. The van der Waals surface area contributed by atoms with Crippen molar-refractivity contribution in [3.05, 3.63) is 76.3 Å². The summed E-state index contributed by atoms with van der Waals surface area (Å²) in [5, 5.41) is 3.13. The van der Waals surface area contributed by atoms with Crippen molar-refractivity contribution < 1.29 is 14.3 Å². The van der Waals surface area contributed by atoms with Crippen LogP contribution in [0.5, 0.6) is 11.5 Å². The average molecular weight is 472 g/mol. The molecule has 6 nitrogen and oxygen atoms in total. The van der Waals surface area contributed by atoms with Crippen molar-refractivity contribution in [3.8, 4) is 11.5 Å². The Hall–Kier alpha value is -2.80. The molecule has 1 atom stereocenters. The number of nitrogens with one attached hydrogen (secondary N) is 1. The first-order valence-corrected chi connectivity index (χ1v) is 10.7.